The zero-order valence-corrected chi connectivity index (χ0v) is 11.7. The number of aryl methyl sites for hydroxylation is 2. The number of pyridine rings is 1. The molecule has 19 heavy (non-hydrogen) atoms. The molecule has 0 saturated carbocycles. The van der Waals surface area contributed by atoms with E-state index < -0.39 is 0 Å². The highest BCUT2D eigenvalue weighted by atomic mass is 15.3. The van der Waals surface area contributed by atoms with Crippen molar-refractivity contribution in [2.75, 3.05) is 7.05 Å². The lowest BCUT2D eigenvalue weighted by molar-refractivity contribution is 0.546. The molecule has 2 aromatic heterocycles. The van der Waals surface area contributed by atoms with Gasteiger partial charge in [-0.1, -0.05) is 13.0 Å². The molecule has 0 aliphatic rings. The van der Waals surface area contributed by atoms with E-state index in [9.17, 15) is 0 Å². The van der Waals surface area contributed by atoms with Crippen molar-refractivity contribution in [1.29, 1.82) is 0 Å². The van der Waals surface area contributed by atoms with E-state index in [-0.39, 0.29) is 0 Å². The molecule has 0 saturated heterocycles. The molecule has 1 N–H and O–H groups in total. The van der Waals surface area contributed by atoms with Crippen LogP contribution in [0.2, 0.25) is 0 Å². The fraction of sp³-hybridized carbons (Fsp3) is 0.467. The van der Waals surface area contributed by atoms with Crippen LogP contribution >= 0.6 is 0 Å². The number of hydrogen-bond acceptors (Lipinski definition) is 3. The van der Waals surface area contributed by atoms with Crippen molar-refractivity contribution in [2.45, 2.75) is 38.8 Å². The molecule has 4 heteroatoms. The average molecular weight is 258 g/mol. The van der Waals surface area contributed by atoms with Gasteiger partial charge in [0.1, 0.15) is 0 Å². The quantitative estimate of drug-likeness (QED) is 0.830. The molecule has 1 atom stereocenters. The van der Waals surface area contributed by atoms with Gasteiger partial charge < -0.3 is 5.32 Å². The summed E-state index contributed by atoms with van der Waals surface area (Å²) in [5, 5.41) is 7.76. The van der Waals surface area contributed by atoms with Crippen LogP contribution in [0.15, 0.2) is 36.9 Å². The van der Waals surface area contributed by atoms with Crippen molar-refractivity contribution in [3.05, 3.63) is 48.0 Å². The van der Waals surface area contributed by atoms with Crippen LogP contribution in [0.25, 0.3) is 0 Å². The lowest BCUT2D eigenvalue weighted by Gasteiger charge is -2.14. The summed E-state index contributed by atoms with van der Waals surface area (Å²) >= 11 is 0. The van der Waals surface area contributed by atoms with Gasteiger partial charge in [0.2, 0.25) is 0 Å². The molecule has 0 aliphatic carbocycles. The van der Waals surface area contributed by atoms with E-state index in [2.05, 4.69) is 34.6 Å². The van der Waals surface area contributed by atoms with Crippen LogP contribution in [0.3, 0.4) is 0 Å². The molecule has 102 valence electrons. The second-order valence-corrected chi connectivity index (χ2v) is 4.78. The predicted octanol–water partition coefficient (Wildman–Crippen LogP) is 2.58. The summed E-state index contributed by atoms with van der Waals surface area (Å²) in [6.45, 7) is 3.15. The van der Waals surface area contributed by atoms with Gasteiger partial charge in [0.25, 0.3) is 0 Å². The predicted molar refractivity (Wildman–Crippen MR) is 76.9 cm³/mol. The summed E-state index contributed by atoms with van der Waals surface area (Å²) in [4.78, 5) is 4.15. The van der Waals surface area contributed by atoms with Gasteiger partial charge in [0.05, 0.1) is 6.20 Å². The third-order valence-electron chi connectivity index (χ3n) is 3.30. The molecule has 2 rings (SSSR count). The van der Waals surface area contributed by atoms with E-state index >= 15 is 0 Å². The van der Waals surface area contributed by atoms with E-state index in [4.69, 9.17) is 0 Å². The van der Waals surface area contributed by atoms with Crippen LogP contribution in [0, 0.1) is 0 Å². The summed E-state index contributed by atoms with van der Waals surface area (Å²) in [5.74, 6) is 0. The SMILES string of the molecule is CCCn1cc(C(CCc2cccnc2)NC)cn1. The molecule has 0 amide bonds. The summed E-state index contributed by atoms with van der Waals surface area (Å²) < 4.78 is 2.02. The maximum Gasteiger partial charge on any atom is 0.0537 e. The Morgan fingerprint density at radius 2 is 2.26 bits per heavy atom. The third-order valence-corrected chi connectivity index (χ3v) is 3.30. The van der Waals surface area contributed by atoms with Crippen molar-refractivity contribution in [2.24, 2.45) is 0 Å². The smallest absolute Gasteiger partial charge is 0.0537 e. The molecule has 2 aromatic rings. The van der Waals surface area contributed by atoms with Crippen molar-refractivity contribution in [1.82, 2.24) is 20.1 Å². The third kappa shape index (κ3) is 3.89. The first kappa shape index (κ1) is 13.7. The van der Waals surface area contributed by atoms with Crippen molar-refractivity contribution in [3.8, 4) is 0 Å². The van der Waals surface area contributed by atoms with Crippen LogP contribution in [0.1, 0.15) is 36.9 Å². The minimum atomic E-state index is 0.353. The standard InChI is InChI=1S/C15H22N4/c1-3-9-19-12-14(11-18-19)15(16-2)7-6-13-5-4-8-17-10-13/h4-5,8,10-12,15-16H,3,6-7,9H2,1-2H3. The largest absolute Gasteiger partial charge is 0.313 e. The highest BCUT2D eigenvalue weighted by molar-refractivity contribution is 5.13. The number of hydrogen-bond donors (Lipinski definition) is 1. The second kappa shape index (κ2) is 7.04. The van der Waals surface area contributed by atoms with Crippen molar-refractivity contribution < 1.29 is 0 Å². The van der Waals surface area contributed by atoms with E-state index in [1.54, 1.807) is 0 Å². The Morgan fingerprint density at radius 1 is 1.37 bits per heavy atom. The normalized spacial score (nSPS) is 12.5. The highest BCUT2D eigenvalue weighted by Gasteiger charge is 2.11. The Balaban J connectivity index is 1.95. The monoisotopic (exact) mass is 258 g/mol. The van der Waals surface area contributed by atoms with E-state index in [0.717, 1.165) is 25.8 Å². The molecular weight excluding hydrogens is 236 g/mol. The molecule has 1 unspecified atom stereocenters. The summed E-state index contributed by atoms with van der Waals surface area (Å²) in [7, 11) is 2.01. The van der Waals surface area contributed by atoms with Crippen LogP contribution in [0.4, 0.5) is 0 Å². The Labute approximate surface area is 114 Å². The number of rotatable bonds is 7. The van der Waals surface area contributed by atoms with Crippen LogP contribution in [-0.2, 0) is 13.0 Å². The zero-order valence-electron chi connectivity index (χ0n) is 11.7. The maximum absolute atomic E-state index is 4.39. The molecule has 0 radical (unpaired) electrons. The number of aromatic nitrogens is 3. The van der Waals surface area contributed by atoms with E-state index in [1.807, 2.05) is 36.4 Å². The van der Waals surface area contributed by atoms with Gasteiger partial charge in [0, 0.05) is 36.7 Å². The van der Waals surface area contributed by atoms with E-state index in [1.165, 1.54) is 11.1 Å². The number of nitrogens with one attached hydrogen (secondary N) is 1. The highest BCUT2D eigenvalue weighted by Crippen LogP contribution is 2.18. The van der Waals surface area contributed by atoms with Crippen LogP contribution < -0.4 is 5.32 Å². The molecule has 4 nitrogen and oxygen atoms in total. The molecular formula is C15H22N4. The van der Waals surface area contributed by atoms with Gasteiger partial charge in [-0.3, -0.25) is 9.67 Å². The van der Waals surface area contributed by atoms with Crippen molar-refractivity contribution in [3.63, 3.8) is 0 Å². The van der Waals surface area contributed by atoms with Gasteiger partial charge in [0.15, 0.2) is 0 Å². The number of nitrogens with zero attached hydrogens (tertiary/aromatic N) is 3. The molecule has 0 aliphatic heterocycles. The lowest BCUT2D eigenvalue weighted by Crippen LogP contribution is -2.16. The summed E-state index contributed by atoms with van der Waals surface area (Å²) in [6.07, 6.45) is 11.1. The Morgan fingerprint density at radius 3 is 2.95 bits per heavy atom. The first-order chi connectivity index (χ1) is 9.33. The topological polar surface area (TPSA) is 42.7 Å². The maximum atomic E-state index is 4.39. The fourth-order valence-corrected chi connectivity index (χ4v) is 2.25. The first-order valence-electron chi connectivity index (χ1n) is 6.92. The average Bonchev–Trinajstić information content (AvgIpc) is 2.90. The molecule has 0 aromatic carbocycles. The Kier molecular flexibility index (Phi) is 5.10. The van der Waals surface area contributed by atoms with Crippen LogP contribution in [-0.4, -0.2) is 21.8 Å². The Bertz CT molecular complexity index is 478. The van der Waals surface area contributed by atoms with Gasteiger partial charge in [-0.15, -0.1) is 0 Å². The van der Waals surface area contributed by atoms with E-state index in [0.29, 0.717) is 6.04 Å². The van der Waals surface area contributed by atoms with Gasteiger partial charge >= 0.3 is 0 Å². The van der Waals surface area contributed by atoms with Gasteiger partial charge in [-0.05, 0) is 37.9 Å². The summed E-state index contributed by atoms with van der Waals surface area (Å²) in [5.41, 5.74) is 2.54. The van der Waals surface area contributed by atoms with Gasteiger partial charge in [-0.25, -0.2) is 0 Å². The molecule has 0 fully saturated rings. The minimum absolute atomic E-state index is 0.353. The molecule has 2 heterocycles. The lowest BCUT2D eigenvalue weighted by atomic mass is 10.0. The second-order valence-electron chi connectivity index (χ2n) is 4.78. The minimum Gasteiger partial charge on any atom is -0.313 e. The first-order valence-corrected chi connectivity index (χ1v) is 6.92. The van der Waals surface area contributed by atoms with Crippen molar-refractivity contribution >= 4 is 0 Å². The molecule has 0 spiro atoms. The molecule has 0 bridgehead atoms. The summed E-state index contributed by atoms with van der Waals surface area (Å²) in [6, 6.07) is 4.47. The Hall–Kier alpha value is -1.68. The van der Waals surface area contributed by atoms with Crippen LogP contribution in [0.5, 0.6) is 0 Å². The fourth-order valence-electron chi connectivity index (χ4n) is 2.25. The van der Waals surface area contributed by atoms with Gasteiger partial charge in [-0.2, -0.15) is 5.10 Å². The zero-order chi connectivity index (χ0) is 13.5.